The third-order valence-electron chi connectivity index (χ3n) is 0.898. The maximum absolute atomic E-state index is 5.17. The van der Waals surface area contributed by atoms with Gasteiger partial charge in [0.05, 0.1) is 0 Å². The van der Waals surface area contributed by atoms with Crippen molar-refractivity contribution < 1.29 is 0 Å². The van der Waals surface area contributed by atoms with Gasteiger partial charge >= 0.3 is 0 Å². The molecule has 0 atom stereocenters. The van der Waals surface area contributed by atoms with Crippen molar-refractivity contribution in [2.45, 2.75) is 18.7 Å². The van der Waals surface area contributed by atoms with Gasteiger partial charge in [0, 0.05) is 0 Å². The number of hydrogen-bond donors (Lipinski definition) is 2. The fraction of sp³-hybridized carbons (Fsp3) is 0.800. The van der Waals surface area contributed by atoms with E-state index in [2.05, 4.69) is 4.99 Å². The summed E-state index contributed by atoms with van der Waals surface area (Å²) in [5.74, 6) is 0.148. The molecule has 4 N–H and O–H groups in total. The van der Waals surface area contributed by atoms with E-state index in [0.717, 1.165) is 0 Å². The topological polar surface area (TPSA) is 64.4 Å². The Labute approximate surface area is 59.9 Å². The molecule has 0 amide bonds. The zero-order valence-electron chi connectivity index (χ0n) is 6.01. The van der Waals surface area contributed by atoms with E-state index in [4.69, 9.17) is 11.5 Å². The van der Waals surface area contributed by atoms with Gasteiger partial charge in [-0.15, -0.1) is 11.8 Å². The predicted molar refractivity (Wildman–Crippen MR) is 43.4 cm³/mol. The van der Waals surface area contributed by atoms with Crippen molar-refractivity contribution in [3.63, 3.8) is 0 Å². The molecule has 0 aliphatic carbocycles. The summed E-state index contributed by atoms with van der Waals surface area (Å²) in [6.45, 7) is 3.91. The Morgan fingerprint density at radius 1 is 1.44 bits per heavy atom. The van der Waals surface area contributed by atoms with Gasteiger partial charge in [0.15, 0.2) is 5.96 Å². The zero-order chi connectivity index (χ0) is 7.49. The highest BCUT2D eigenvalue weighted by molar-refractivity contribution is 7.99. The van der Waals surface area contributed by atoms with Crippen molar-refractivity contribution in [2.75, 3.05) is 6.26 Å². The smallest absolute Gasteiger partial charge is 0.187 e. The average molecular weight is 147 g/mol. The SMILES string of the molecule is CSC(C)(C)N=C(N)N. The second-order valence-corrected chi connectivity index (χ2v) is 3.59. The number of rotatable bonds is 2. The number of nitrogens with zero attached hydrogens (tertiary/aromatic N) is 1. The molecule has 4 heteroatoms. The third kappa shape index (κ3) is 4.14. The highest BCUT2D eigenvalue weighted by atomic mass is 32.2. The molecule has 0 unspecified atom stereocenters. The highest BCUT2D eigenvalue weighted by Gasteiger charge is 2.12. The first-order valence-electron chi connectivity index (χ1n) is 2.64. The summed E-state index contributed by atoms with van der Waals surface area (Å²) >= 11 is 1.61. The van der Waals surface area contributed by atoms with Gasteiger partial charge in [-0.25, -0.2) is 4.99 Å². The minimum atomic E-state index is -0.182. The lowest BCUT2D eigenvalue weighted by Gasteiger charge is -2.15. The Hall–Kier alpha value is -0.380. The molecule has 0 saturated heterocycles. The summed E-state index contributed by atoms with van der Waals surface area (Å²) < 4.78 is 0. The fourth-order valence-electron chi connectivity index (χ4n) is 0.357. The third-order valence-corrected chi connectivity index (χ3v) is 1.99. The summed E-state index contributed by atoms with van der Waals surface area (Å²) in [4.78, 5) is 3.78. The molecule has 0 aromatic rings. The Bertz CT molecular complexity index is 115. The van der Waals surface area contributed by atoms with Gasteiger partial charge in [0.2, 0.25) is 0 Å². The Morgan fingerprint density at radius 3 is 2.00 bits per heavy atom. The molecule has 0 aliphatic heterocycles. The minimum Gasteiger partial charge on any atom is -0.370 e. The molecule has 0 rings (SSSR count). The standard InChI is InChI=1S/C5H13N3S/c1-5(2,9-3)8-4(6)7/h1-3H3,(H4,6,7,8). The maximum Gasteiger partial charge on any atom is 0.187 e. The van der Waals surface area contributed by atoms with E-state index in [9.17, 15) is 0 Å². The van der Waals surface area contributed by atoms with Gasteiger partial charge in [-0.2, -0.15) is 0 Å². The molecule has 0 fully saturated rings. The van der Waals surface area contributed by atoms with Crippen LogP contribution in [0, 0.1) is 0 Å². The van der Waals surface area contributed by atoms with Gasteiger partial charge in [0.1, 0.15) is 4.87 Å². The molecular formula is C5H13N3S. The molecule has 9 heavy (non-hydrogen) atoms. The molecule has 0 saturated carbocycles. The highest BCUT2D eigenvalue weighted by Crippen LogP contribution is 2.21. The van der Waals surface area contributed by atoms with Crippen LogP contribution in [-0.2, 0) is 0 Å². The number of thioether (sulfide) groups is 1. The van der Waals surface area contributed by atoms with Crippen LogP contribution in [0.1, 0.15) is 13.8 Å². The lowest BCUT2D eigenvalue weighted by Crippen LogP contribution is -2.27. The maximum atomic E-state index is 5.17. The molecular weight excluding hydrogens is 134 g/mol. The number of aliphatic imine (C=N–C) groups is 1. The van der Waals surface area contributed by atoms with E-state index >= 15 is 0 Å². The second kappa shape index (κ2) is 2.96. The van der Waals surface area contributed by atoms with Crippen LogP contribution in [0.2, 0.25) is 0 Å². The lowest BCUT2D eigenvalue weighted by molar-refractivity contribution is 0.760. The van der Waals surface area contributed by atoms with Crippen LogP contribution in [0.4, 0.5) is 0 Å². The molecule has 0 bridgehead atoms. The summed E-state index contributed by atoms with van der Waals surface area (Å²) in [5, 5.41) is 0. The van der Waals surface area contributed by atoms with E-state index < -0.39 is 0 Å². The van der Waals surface area contributed by atoms with E-state index in [-0.39, 0.29) is 10.8 Å². The zero-order valence-corrected chi connectivity index (χ0v) is 6.83. The fourth-order valence-corrected chi connectivity index (χ4v) is 0.553. The van der Waals surface area contributed by atoms with Crippen LogP contribution in [0.25, 0.3) is 0 Å². The number of nitrogens with two attached hydrogens (primary N) is 2. The van der Waals surface area contributed by atoms with Gasteiger partial charge in [-0.05, 0) is 20.1 Å². The predicted octanol–water partition coefficient (Wildman–Crippen LogP) is 0.359. The minimum absolute atomic E-state index is 0.148. The normalized spacial score (nSPS) is 11.0. The van der Waals surface area contributed by atoms with Crippen molar-refractivity contribution in [3.05, 3.63) is 0 Å². The molecule has 0 spiro atoms. The van der Waals surface area contributed by atoms with Crippen molar-refractivity contribution in [2.24, 2.45) is 16.5 Å². The van der Waals surface area contributed by atoms with E-state index in [0.29, 0.717) is 0 Å². The quantitative estimate of drug-likeness (QED) is 0.438. The second-order valence-electron chi connectivity index (χ2n) is 2.19. The molecule has 54 valence electrons. The first-order valence-corrected chi connectivity index (χ1v) is 3.86. The van der Waals surface area contributed by atoms with Crippen molar-refractivity contribution >= 4 is 17.7 Å². The molecule has 0 radical (unpaired) electrons. The lowest BCUT2D eigenvalue weighted by atomic mass is 10.4. The van der Waals surface area contributed by atoms with Crippen molar-refractivity contribution in [3.8, 4) is 0 Å². The van der Waals surface area contributed by atoms with Gasteiger partial charge in [0.25, 0.3) is 0 Å². The van der Waals surface area contributed by atoms with Gasteiger partial charge in [-0.3, -0.25) is 0 Å². The molecule has 0 aromatic carbocycles. The Morgan fingerprint density at radius 2 is 1.89 bits per heavy atom. The monoisotopic (exact) mass is 147 g/mol. The van der Waals surface area contributed by atoms with E-state index in [1.807, 2.05) is 20.1 Å². The Kier molecular flexibility index (Phi) is 2.84. The molecule has 0 heterocycles. The summed E-state index contributed by atoms with van der Waals surface area (Å²) in [6, 6.07) is 0. The van der Waals surface area contributed by atoms with E-state index in [1.165, 1.54) is 0 Å². The van der Waals surface area contributed by atoms with Crippen LogP contribution >= 0.6 is 11.8 Å². The Balaban J connectivity index is 4.01. The first kappa shape index (κ1) is 8.62. The van der Waals surface area contributed by atoms with Crippen molar-refractivity contribution in [1.29, 1.82) is 0 Å². The van der Waals surface area contributed by atoms with Gasteiger partial charge in [-0.1, -0.05) is 0 Å². The van der Waals surface area contributed by atoms with E-state index in [1.54, 1.807) is 11.8 Å². The largest absolute Gasteiger partial charge is 0.370 e. The van der Waals surface area contributed by atoms with Gasteiger partial charge < -0.3 is 11.5 Å². The summed E-state index contributed by atoms with van der Waals surface area (Å²) in [6.07, 6.45) is 1.96. The van der Waals surface area contributed by atoms with Crippen LogP contribution in [0.15, 0.2) is 4.99 Å². The molecule has 0 aliphatic rings. The first-order chi connectivity index (χ1) is 3.98. The average Bonchev–Trinajstić information content (AvgIpc) is 1.63. The van der Waals surface area contributed by atoms with Crippen LogP contribution in [0.5, 0.6) is 0 Å². The van der Waals surface area contributed by atoms with Crippen LogP contribution in [-0.4, -0.2) is 17.1 Å². The van der Waals surface area contributed by atoms with Crippen LogP contribution < -0.4 is 11.5 Å². The number of guanidine groups is 1. The van der Waals surface area contributed by atoms with Crippen molar-refractivity contribution in [1.82, 2.24) is 0 Å². The molecule has 3 nitrogen and oxygen atoms in total. The van der Waals surface area contributed by atoms with Crippen LogP contribution in [0.3, 0.4) is 0 Å². The summed E-state index contributed by atoms with van der Waals surface area (Å²) in [7, 11) is 0. The molecule has 0 aromatic heterocycles. The summed E-state index contributed by atoms with van der Waals surface area (Å²) in [5.41, 5.74) is 10.3. The number of hydrogen-bond acceptors (Lipinski definition) is 2.